The van der Waals surface area contributed by atoms with Crippen molar-refractivity contribution >= 4 is 11.9 Å². The molecule has 1 rings (SSSR count). The third kappa shape index (κ3) is 53.1. The van der Waals surface area contributed by atoms with E-state index in [1.165, 1.54) is 122 Å². The Morgan fingerprint density at radius 2 is 0.791 bits per heavy atom. The average Bonchev–Trinajstić information content (AvgIpc) is 0.969. The minimum absolute atomic E-state index is 0.113. The first-order chi connectivity index (χ1) is 44.7. The van der Waals surface area contributed by atoms with E-state index in [0.717, 1.165) is 141 Å². The first kappa shape index (κ1) is 85.1. The summed E-state index contributed by atoms with van der Waals surface area (Å²) in [6.07, 6.45) is 82.2. The summed E-state index contributed by atoms with van der Waals surface area (Å²) in [7, 11) is 0. The monoisotopic (exact) mass is 1270 g/mol. The Balaban J connectivity index is 2.59. The van der Waals surface area contributed by atoms with Crippen molar-refractivity contribution < 1.29 is 49.3 Å². The predicted octanol–water partition coefficient (Wildman–Crippen LogP) is 19.7. The van der Waals surface area contributed by atoms with Crippen LogP contribution in [0.3, 0.4) is 0 Å². The second kappa shape index (κ2) is 66.1. The molecule has 0 aromatic rings. The molecule has 6 N–H and O–H groups in total. The maximum atomic E-state index is 13.5. The molecule has 0 aromatic carbocycles. The molecule has 1 heterocycles. The van der Waals surface area contributed by atoms with E-state index < -0.39 is 67.4 Å². The highest BCUT2D eigenvalue weighted by Gasteiger charge is 2.47. The van der Waals surface area contributed by atoms with E-state index >= 15 is 0 Å². The molecule has 0 saturated carbocycles. The summed E-state index contributed by atoms with van der Waals surface area (Å²) < 4.78 is 17.7. The van der Waals surface area contributed by atoms with Gasteiger partial charge in [0.25, 0.3) is 0 Å². The van der Waals surface area contributed by atoms with Crippen LogP contribution >= 0.6 is 0 Å². The molecule has 11 nitrogen and oxygen atoms in total. The number of unbranched alkanes of at least 4 members (excludes halogenated alkanes) is 31. The third-order valence-electron chi connectivity index (χ3n) is 16.8. The highest BCUT2D eigenvalue weighted by atomic mass is 16.7. The summed E-state index contributed by atoms with van der Waals surface area (Å²) in [5.41, 5.74) is 0. The van der Waals surface area contributed by atoms with Crippen molar-refractivity contribution in [3.05, 3.63) is 122 Å². The molecule has 0 bridgehead atoms. The van der Waals surface area contributed by atoms with E-state index in [1.54, 1.807) is 6.08 Å². The zero-order valence-electron chi connectivity index (χ0n) is 58.2. The van der Waals surface area contributed by atoms with Crippen LogP contribution in [0.1, 0.15) is 310 Å². The molecule has 1 fully saturated rings. The molecule has 91 heavy (non-hydrogen) atoms. The van der Waals surface area contributed by atoms with Crippen molar-refractivity contribution in [2.75, 3.05) is 13.2 Å². The summed E-state index contributed by atoms with van der Waals surface area (Å²) in [4.78, 5) is 26.7. The number of carbonyl (C=O) groups is 2. The number of rotatable bonds is 63. The lowest BCUT2D eigenvalue weighted by atomic mass is 9.99. The molecule has 8 atom stereocenters. The maximum absolute atomic E-state index is 13.5. The van der Waals surface area contributed by atoms with E-state index in [4.69, 9.17) is 14.2 Å². The Morgan fingerprint density at radius 3 is 1.21 bits per heavy atom. The largest absolute Gasteiger partial charge is 0.454 e. The number of esters is 1. The number of aliphatic hydroxyl groups is 5. The number of hydrogen-bond donors (Lipinski definition) is 6. The van der Waals surface area contributed by atoms with Crippen LogP contribution in [-0.4, -0.2) is 99.6 Å². The molecule has 1 aliphatic rings. The summed E-state index contributed by atoms with van der Waals surface area (Å²) in [5.74, 6) is -1.21. The van der Waals surface area contributed by atoms with Gasteiger partial charge in [-0.3, -0.25) is 9.59 Å². The minimum Gasteiger partial charge on any atom is -0.454 e. The number of hydrogen-bond acceptors (Lipinski definition) is 10. The van der Waals surface area contributed by atoms with Gasteiger partial charge < -0.3 is 45.1 Å². The number of aliphatic hydroxyl groups excluding tert-OH is 5. The van der Waals surface area contributed by atoms with Gasteiger partial charge in [-0.2, -0.15) is 0 Å². The van der Waals surface area contributed by atoms with Crippen LogP contribution < -0.4 is 5.32 Å². The van der Waals surface area contributed by atoms with Gasteiger partial charge in [0.1, 0.15) is 24.4 Å². The van der Waals surface area contributed by atoms with Gasteiger partial charge in [-0.15, -0.1) is 0 Å². The van der Waals surface area contributed by atoms with Crippen LogP contribution in [0.15, 0.2) is 122 Å². The highest BCUT2D eigenvalue weighted by Crippen LogP contribution is 2.26. The molecule has 1 aliphatic heterocycles. The SMILES string of the molecule is CC/C=C\C/C=C\C/C=C\C/C=C\C/C=C\C/C=C\CCCCCCCCCC(O)C(=O)NC(COC1OC(CO)C(O)C(O)C1OC(=O)CCCCCCCCCCCC/C=C\C/C=C\C/C=C\CCCCC)C(O)/C=C/CCCCCCCCCCCCC. The molecule has 0 spiro atoms. The van der Waals surface area contributed by atoms with Crippen molar-refractivity contribution in [2.24, 2.45) is 0 Å². The van der Waals surface area contributed by atoms with Crippen molar-refractivity contribution in [1.82, 2.24) is 5.32 Å². The maximum Gasteiger partial charge on any atom is 0.306 e. The van der Waals surface area contributed by atoms with E-state index in [2.05, 4.69) is 135 Å². The first-order valence-corrected chi connectivity index (χ1v) is 37.3. The third-order valence-corrected chi connectivity index (χ3v) is 16.8. The van der Waals surface area contributed by atoms with Gasteiger partial charge in [-0.05, 0) is 116 Å². The van der Waals surface area contributed by atoms with Gasteiger partial charge in [-0.1, -0.05) is 309 Å². The van der Waals surface area contributed by atoms with Crippen molar-refractivity contribution in [1.29, 1.82) is 0 Å². The van der Waals surface area contributed by atoms with Crippen LogP contribution in [-0.2, 0) is 23.8 Å². The van der Waals surface area contributed by atoms with Gasteiger partial charge in [0.2, 0.25) is 5.91 Å². The number of carbonyl (C=O) groups excluding carboxylic acids is 2. The second-order valence-corrected chi connectivity index (χ2v) is 25.3. The van der Waals surface area contributed by atoms with Crippen molar-refractivity contribution in [3.8, 4) is 0 Å². The topological polar surface area (TPSA) is 175 Å². The molecular formula is C80H137NO10. The normalized spacial score (nSPS) is 18.7. The fourth-order valence-electron chi connectivity index (χ4n) is 11.0. The lowest BCUT2D eigenvalue weighted by Gasteiger charge is -2.41. The number of ether oxygens (including phenoxy) is 3. The zero-order chi connectivity index (χ0) is 66.0. The zero-order valence-corrected chi connectivity index (χ0v) is 58.2. The van der Waals surface area contributed by atoms with Crippen molar-refractivity contribution in [3.63, 3.8) is 0 Å². The summed E-state index contributed by atoms with van der Waals surface area (Å²) in [6, 6.07) is -1.04. The molecule has 1 saturated heterocycles. The molecule has 0 aromatic heterocycles. The van der Waals surface area contributed by atoms with E-state index in [1.807, 2.05) is 6.08 Å². The highest BCUT2D eigenvalue weighted by molar-refractivity contribution is 5.80. The minimum atomic E-state index is -1.63. The first-order valence-electron chi connectivity index (χ1n) is 37.3. The molecule has 522 valence electrons. The van der Waals surface area contributed by atoms with E-state index in [-0.39, 0.29) is 19.4 Å². The van der Waals surface area contributed by atoms with Crippen LogP contribution in [0, 0.1) is 0 Å². The number of allylic oxidation sites excluding steroid dienone is 19. The quantitative estimate of drug-likeness (QED) is 0.0195. The second-order valence-electron chi connectivity index (χ2n) is 25.3. The lowest BCUT2D eigenvalue weighted by Crippen LogP contribution is -2.61. The smallest absolute Gasteiger partial charge is 0.306 e. The molecule has 1 amide bonds. The lowest BCUT2D eigenvalue weighted by molar-refractivity contribution is -0.305. The Morgan fingerprint density at radius 1 is 0.440 bits per heavy atom. The Hall–Kier alpha value is -3.94. The number of nitrogens with one attached hydrogen (secondary N) is 1. The summed E-state index contributed by atoms with van der Waals surface area (Å²) in [6.45, 7) is 5.67. The summed E-state index contributed by atoms with van der Waals surface area (Å²) >= 11 is 0. The molecule has 8 unspecified atom stereocenters. The molecule has 0 aliphatic carbocycles. The Labute approximate surface area is 557 Å². The molecule has 0 radical (unpaired) electrons. The van der Waals surface area contributed by atoms with Gasteiger partial charge in [-0.25, -0.2) is 0 Å². The molecule has 11 heteroatoms. The van der Waals surface area contributed by atoms with Crippen LogP contribution in [0.25, 0.3) is 0 Å². The van der Waals surface area contributed by atoms with Gasteiger partial charge in [0.05, 0.1) is 25.4 Å². The Kier molecular flexibility index (Phi) is 61.8. The van der Waals surface area contributed by atoms with Gasteiger partial charge >= 0.3 is 5.97 Å². The fourth-order valence-corrected chi connectivity index (χ4v) is 11.0. The number of amides is 1. The fraction of sp³-hybridized carbons (Fsp3) is 0.725. The average molecular weight is 1270 g/mol. The Bertz CT molecular complexity index is 1950. The summed E-state index contributed by atoms with van der Waals surface area (Å²) in [5, 5.41) is 57.4. The van der Waals surface area contributed by atoms with E-state index in [9.17, 15) is 35.1 Å². The van der Waals surface area contributed by atoms with Crippen LogP contribution in [0.5, 0.6) is 0 Å². The van der Waals surface area contributed by atoms with E-state index in [0.29, 0.717) is 12.8 Å². The van der Waals surface area contributed by atoms with Crippen molar-refractivity contribution in [2.45, 2.75) is 359 Å². The van der Waals surface area contributed by atoms with Gasteiger partial charge in [0, 0.05) is 6.42 Å². The van der Waals surface area contributed by atoms with Gasteiger partial charge in [0.15, 0.2) is 12.4 Å². The molecular weight excluding hydrogens is 1130 g/mol. The predicted molar refractivity (Wildman–Crippen MR) is 384 cm³/mol. The van der Waals surface area contributed by atoms with Crippen LogP contribution in [0.2, 0.25) is 0 Å². The standard InChI is InChI=1S/C80H137NO10/c1-4-7-10-13-16-19-22-25-27-29-31-33-35-36-37-39-40-42-44-46-49-52-55-58-61-64-67-73(84)79(88)81-71(72(83)66-63-60-57-54-51-48-24-21-18-15-12-9-6-3)70-89-80-78(77(87)76(86)74(69-82)90-80)91-75(85)68-65-62-59-56-53-50-47-45-43-41-38-34-32-30-28-26-23-20-17-14-11-8-5-2/h7,10,16-17,19-20,25-28,31-34,36-37,40,42,63,66,71-74,76-78,80,82-84,86-87H,4-6,8-9,11-15,18,21-24,29-30,35,38-39,41,43-62,64-65,67-70H2,1-3H3,(H,81,88)/b10-7-,19-16-,20-17-,27-25-,28-26-,33-31-,34-32-,37-36-,42-40-,66-63+. The van der Waals surface area contributed by atoms with Crippen LogP contribution in [0.4, 0.5) is 0 Å².